The lowest BCUT2D eigenvalue weighted by Crippen LogP contribution is -2.29. The summed E-state index contributed by atoms with van der Waals surface area (Å²) in [5.41, 5.74) is 1.90. The molecule has 168 valence electrons. The van der Waals surface area contributed by atoms with Crippen molar-refractivity contribution in [1.29, 1.82) is 0 Å². The SMILES string of the molecule is CC(C)Oc1ccc([C@@H]2/C(=C(\O)c3ccc(Cl)cc3)C(=O)C(=O)N2Cc2cccnc2)cc1. The number of ketones is 1. The minimum atomic E-state index is -0.769. The van der Waals surface area contributed by atoms with Gasteiger partial charge in [0.2, 0.25) is 0 Å². The van der Waals surface area contributed by atoms with Crippen molar-refractivity contribution in [3.05, 3.63) is 100 Å². The van der Waals surface area contributed by atoms with E-state index < -0.39 is 17.7 Å². The van der Waals surface area contributed by atoms with E-state index in [9.17, 15) is 14.7 Å². The number of ether oxygens (including phenoxy) is 1. The largest absolute Gasteiger partial charge is 0.507 e. The van der Waals surface area contributed by atoms with Gasteiger partial charge in [-0.05, 0) is 67.4 Å². The minimum Gasteiger partial charge on any atom is -0.507 e. The van der Waals surface area contributed by atoms with Crippen molar-refractivity contribution in [3.63, 3.8) is 0 Å². The van der Waals surface area contributed by atoms with Crippen LogP contribution >= 0.6 is 11.6 Å². The third-order valence-electron chi connectivity index (χ3n) is 5.30. The molecule has 0 spiro atoms. The number of benzene rings is 2. The number of rotatable bonds is 6. The van der Waals surface area contributed by atoms with Crippen molar-refractivity contribution in [2.45, 2.75) is 32.5 Å². The van der Waals surface area contributed by atoms with E-state index >= 15 is 0 Å². The lowest BCUT2D eigenvalue weighted by atomic mass is 9.95. The number of likely N-dealkylation sites (tertiary alicyclic amines) is 1. The molecule has 7 heteroatoms. The van der Waals surface area contributed by atoms with Gasteiger partial charge < -0.3 is 14.7 Å². The van der Waals surface area contributed by atoms with Gasteiger partial charge in [-0.15, -0.1) is 0 Å². The Balaban J connectivity index is 1.81. The summed E-state index contributed by atoms with van der Waals surface area (Å²) >= 11 is 5.97. The number of pyridine rings is 1. The van der Waals surface area contributed by atoms with Crippen LogP contribution in [0.4, 0.5) is 0 Å². The summed E-state index contributed by atoms with van der Waals surface area (Å²) in [5, 5.41) is 11.6. The molecule has 1 saturated heterocycles. The number of amides is 1. The lowest BCUT2D eigenvalue weighted by Gasteiger charge is -2.25. The van der Waals surface area contributed by atoms with Crippen LogP contribution in [0, 0.1) is 0 Å². The highest BCUT2D eigenvalue weighted by Gasteiger charge is 2.46. The highest BCUT2D eigenvalue weighted by Crippen LogP contribution is 2.40. The lowest BCUT2D eigenvalue weighted by molar-refractivity contribution is -0.140. The van der Waals surface area contributed by atoms with E-state index in [1.807, 2.05) is 19.9 Å². The van der Waals surface area contributed by atoms with E-state index in [1.54, 1.807) is 67.0 Å². The van der Waals surface area contributed by atoms with Gasteiger partial charge in [0.15, 0.2) is 0 Å². The zero-order chi connectivity index (χ0) is 23.5. The van der Waals surface area contributed by atoms with Gasteiger partial charge >= 0.3 is 0 Å². The molecule has 1 aliphatic heterocycles. The van der Waals surface area contributed by atoms with E-state index in [0.717, 1.165) is 5.56 Å². The van der Waals surface area contributed by atoms with Crippen LogP contribution in [0.3, 0.4) is 0 Å². The summed E-state index contributed by atoms with van der Waals surface area (Å²) < 4.78 is 5.72. The van der Waals surface area contributed by atoms with E-state index in [1.165, 1.54) is 4.90 Å². The maximum absolute atomic E-state index is 13.1. The number of carbonyl (C=O) groups excluding carboxylic acids is 2. The second-order valence-corrected chi connectivity index (χ2v) is 8.47. The fraction of sp³-hybridized carbons (Fsp3) is 0.192. The monoisotopic (exact) mass is 462 g/mol. The van der Waals surface area contributed by atoms with Crippen LogP contribution in [0.1, 0.15) is 36.6 Å². The van der Waals surface area contributed by atoms with Crippen molar-refractivity contribution in [1.82, 2.24) is 9.88 Å². The first-order chi connectivity index (χ1) is 15.8. The van der Waals surface area contributed by atoms with E-state index in [2.05, 4.69) is 4.98 Å². The van der Waals surface area contributed by atoms with Crippen LogP contribution in [0.2, 0.25) is 5.02 Å². The molecule has 3 aromatic rings. The molecule has 4 rings (SSSR count). The normalized spacial score (nSPS) is 17.6. The maximum atomic E-state index is 13.1. The predicted molar refractivity (Wildman–Crippen MR) is 126 cm³/mol. The van der Waals surface area contributed by atoms with E-state index in [-0.39, 0.29) is 24.0 Å². The minimum absolute atomic E-state index is 0.0111. The molecular weight excluding hydrogens is 440 g/mol. The molecule has 33 heavy (non-hydrogen) atoms. The molecule has 1 aromatic heterocycles. The molecular formula is C26H23ClN2O4. The number of halogens is 1. The molecule has 2 heterocycles. The Bertz CT molecular complexity index is 1190. The Morgan fingerprint density at radius 2 is 1.79 bits per heavy atom. The topological polar surface area (TPSA) is 79.7 Å². The molecule has 0 aliphatic carbocycles. The van der Waals surface area contributed by atoms with Crippen molar-refractivity contribution >= 4 is 29.1 Å². The van der Waals surface area contributed by atoms with Crippen LogP contribution < -0.4 is 4.74 Å². The predicted octanol–water partition coefficient (Wildman–Crippen LogP) is 5.14. The first kappa shape index (κ1) is 22.6. The van der Waals surface area contributed by atoms with E-state index in [4.69, 9.17) is 16.3 Å². The molecule has 1 amide bonds. The molecule has 1 N–H and O–H groups in total. The van der Waals surface area contributed by atoms with Crippen molar-refractivity contribution in [3.8, 4) is 5.75 Å². The zero-order valence-electron chi connectivity index (χ0n) is 18.2. The smallest absolute Gasteiger partial charge is 0.295 e. The Morgan fingerprint density at radius 1 is 1.09 bits per heavy atom. The first-order valence-electron chi connectivity index (χ1n) is 10.5. The summed E-state index contributed by atoms with van der Waals surface area (Å²) in [6.45, 7) is 4.04. The number of hydrogen-bond acceptors (Lipinski definition) is 5. The Hall–Kier alpha value is -3.64. The third-order valence-corrected chi connectivity index (χ3v) is 5.55. The van der Waals surface area contributed by atoms with Crippen molar-refractivity contribution < 1.29 is 19.4 Å². The zero-order valence-corrected chi connectivity index (χ0v) is 19.0. The van der Waals surface area contributed by atoms with Gasteiger partial charge in [-0.1, -0.05) is 29.8 Å². The van der Waals surface area contributed by atoms with Gasteiger partial charge in [-0.2, -0.15) is 0 Å². The van der Waals surface area contributed by atoms with Crippen LogP contribution in [-0.4, -0.2) is 32.8 Å². The molecule has 0 unspecified atom stereocenters. The second kappa shape index (κ2) is 9.46. The summed E-state index contributed by atoms with van der Waals surface area (Å²) in [6.07, 6.45) is 3.30. The van der Waals surface area contributed by atoms with Crippen molar-refractivity contribution in [2.24, 2.45) is 0 Å². The summed E-state index contributed by atoms with van der Waals surface area (Å²) in [7, 11) is 0. The highest BCUT2D eigenvalue weighted by atomic mass is 35.5. The average Bonchev–Trinajstić information content (AvgIpc) is 3.05. The quantitative estimate of drug-likeness (QED) is 0.311. The Morgan fingerprint density at radius 3 is 2.39 bits per heavy atom. The average molecular weight is 463 g/mol. The molecule has 6 nitrogen and oxygen atoms in total. The Labute approximate surface area is 197 Å². The van der Waals surface area contributed by atoms with Gasteiger partial charge in [-0.3, -0.25) is 14.6 Å². The number of nitrogens with zero attached hydrogens (tertiary/aromatic N) is 2. The number of aromatic nitrogens is 1. The molecule has 0 saturated carbocycles. The van der Waals surface area contributed by atoms with Crippen molar-refractivity contribution in [2.75, 3.05) is 0 Å². The number of Topliss-reactive ketones (excluding diaryl/α,β-unsaturated/α-hetero) is 1. The summed E-state index contributed by atoms with van der Waals surface area (Å²) in [4.78, 5) is 31.7. The van der Waals surface area contributed by atoms with Crippen LogP contribution in [-0.2, 0) is 16.1 Å². The number of aliphatic hydroxyl groups is 1. The molecule has 0 bridgehead atoms. The van der Waals surface area contributed by atoms with E-state index in [0.29, 0.717) is 21.9 Å². The fourth-order valence-corrected chi connectivity index (χ4v) is 3.97. The molecule has 1 fully saturated rings. The summed E-state index contributed by atoms with van der Waals surface area (Å²) in [6, 6.07) is 16.5. The number of aliphatic hydroxyl groups excluding tert-OH is 1. The fourth-order valence-electron chi connectivity index (χ4n) is 3.84. The van der Waals surface area contributed by atoms with Gasteiger partial charge in [-0.25, -0.2) is 0 Å². The van der Waals surface area contributed by atoms with Gasteiger partial charge in [0, 0.05) is 29.5 Å². The number of hydrogen-bond donors (Lipinski definition) is 1. The highest BCUT2D eigenvalue weighted by molar-refractivity contribution is 6.46. The van der Waals surface area contributed by atoms with Crippen LogP contribution in [0.5, 0.6) is 5.75 Å². The van der Waals surface area contributed by atoms with Gasteiger partial charge in [0.25, 0.3) is 11.7 Å². The second-order valence-electron chi connectivity index (χ2n) is 8.03. The maximum Gasteiger partial charge on any atom is 0.295 e. The van der Waals surface area contributed by atoms with Crippen LogP contribution in [0.15, 0.2) is 78.6 Å². The van der Waals surface area contributed by atoms with Gasteiger partial charge in [0.1, 0.15) is 11.5 Å². The third kappa shape index (κ3) is 4.76. The first-order valence-corrected chi connectivity index (χ1v) is 10.9. The Kier molecular flexibility index (Phi) is 6.47. The molecule has 1 aliphatic rings. The molecule has 1 atom stereocenters. The number of carbonyl (C=O) groups is 2. The molecule has 0 radical (unpaired) electrons. The van der Waals surface area contributed by atoms with Crippen LogP contribution in [0.25, 0.3) is 5.76 Å². The summed E-state index contributed by atoms with van der Waals surface area (Å²) in [5.74, 6) is -0.984. The van der Waals surface area contributed by atoms with Gasteiger partial charge in [0.05, 0.1) is 17.7 Å². The molecule has 2 aromatic carbocycles. The standard InChI is InChI=1S/C26H23ClN2O4/c1-16(2)33-21-11-7-18(8-12-21)23-22(24(30)19-5-9-20(27)10-6-19)25(31)26(32)29(23)15-17-4-3-13-28-14-17/h3-14,16,23,30H,15H2,1-2H3/b24-22+/t23-/m1/s1.